The number of rotatable bonds is 7. The molecule has 0 radical (unpaired) electrons. The Kier molecular flexibility index (Phi) is 6.94. The fraction of sp³-hybridized carbons (Fsp3) is 0.846. The number of nitrogens with one attached hydrogen (secondary N) is 1. The number of carboxylic acids is 1. The molecule has 1 rings (SSSR count). The van der Waals surface area contributed by atoms with E-state index in [1.807, 2.05) is 0 Å². The molecule has 0 aromatic heterocycles. The number of hydrogen-bond donors (Lipinski definition) is 2. The summed E-state index contributed by atoms with van der Waals surface area (Å²) in [5, 5.41) is 11.3. The highest BCUT2D eigenvalue weighted by molar-refractivity contribution is 7.91. The number of hydrogen-bond acceptors (Lipinski definition) is 4. The van der Waals surface area contributed by atoms with Gasteiger partial charge in [-0.25, -0.2) is 13.2 Å². The van der Waals surface area contributed by atoms with Crippen molar-refractivity contribution in [3.63, 3.8) is 0 Å². The van der Waals surface area contributed by atoms with E-state index in [9.17, 15) is 18.0 Å². The lowest BCUT2D eigenvalue weighted by Gasteiger charge is -2.31. The molecule has 2 amide bonds. The molecule has 0 bridgehead atoms. The zero-order valence-electron chi connectivity index (χ0n) is 12.4. The number of amides is 2. The highest BCUT2D eigenvalue weighted by Gasteiger charge is 2.23. The van der Waals surface area contributed by atoms with Gasteiger partial charge in [-0.2, -0.15) is 0 Å². The predicted octanol–water partition coefficient (Wildman–Crippen LogP) is 0.708. The maximum absolute atomic E-state index is 11.9. The van der Waals surface area contributed by atoms with Gasteiger partial charge in [0, 0.05) is 31.8 Å². The zero-order chi connectivity index (χ0) is 15.9. The fourth-order valence-corrected chi connectivity index (χ4v) is 3.02. The second-order valence-electron chi connectivity index (χ2n) is 5.33. The van der Waals surface area contributed by atoms with Crippen LogP contribution >= 0.6 is 0 Å². The van der Waals surface area contributed by atoms with Gasteiger partial charge in [0.15, 0.2) is 9.84 Å². The Morgan fingerprint density at radius 3 is 2.43 bits per heavy atom. The summed E-state index contributed by atoms with van der Waals surface area (Å²) in [5.74, 6) is -0.389. The molecule has 0 saturated carbocycles. The van der Waals surface area contributed by atoms with E-state index >= 15 is 0 Å². The van der Waals surface area contributed by atoms with Crippen LogP contribution in [0.1, 0.15) is 32.6 Å². The second-order valence-corrected chi connectivity index (χ2v) is 7.80. The highest BCUT2D eigenvalue weighted by atomic mass is 32.2. The van der Waals surface area contributed by atoms with Crippen LogP contribution < -0.4 is 5.32 Å². The largest absolute Gasteiger partial charge is 0.481 e. The third kappa shape index (κ3) is 6.79. The molecule has 1 aliphatic heterocycles. The molecular formula is C13H24N2O5S. The highest BCUT2D eigenvalue weighted by Crippen LogP contribution is 2.21. The van der Waals surface area contributed by atoms with Crippen LogP contribution in [-0.2, 0) is 14.6 Å². The van der Waals surface area contributed by atoms with Crippen molar-refractivity contribution in [1.82, 2.24) is 10.2 Å². The lowest BCUT2D eigenvalue weighted by molar-refractivity contribution is -0.137. The summed E-state index contributed by atoms with van der Waals surface area (Å²) >= 11 is 0. The third-order valence-electron chi connectivity index (χ3n) is 3.80. The summed E-state index contributed by atoms with van der Waals surface area (Å²) in [6.07, 6.45) is 2.42. The van der Waals surface area contributed by atoms with Gasteiger partial charge in [-0.1, -0.05) is 6.92 Å². The van der Waals surface area contributed by atoms with Crippen molar-refractivity contribution in [1.29, 1.82) is 0 Å². The molecule has 7 nitrogen and oxygen atoms in total. The van der Waals surface area contributed by atoms with Crippen molar-refractivity contribution in [3.8, 4) is 0 Å². The maximum atomic E-state index is 11.9. The van der Waals surface area contributed by atoms with Crippen LogP contribution in [0.2, 0.25) is 0 Å². The number of carbonyl (C=O) groups is 2. The third-order valence-corrected chi connectivity index (χ3v) is 5.50. The van der Waals surface area contributed by atoms with Crippen molar-refractivity contribution in [2.45, 2.75) is 32.6 Å². The minimum Gasteiger partial charge on any atom is -0.481 e. The van der Waals surface area contributed by atoms with Crippen LogP contribution in [0.3, 0.4) is 0 Å². The van der Waals surface area contributed by atoms with Gasteiger partial charge in [-0.05, 0) is 25.2 Å². The first kappa shape index (κ1) is 17.7. The molecule has 1 aliphatic rings. The van der Waals surface area contributed by atoms with Crippen molar-refractivity contribution in [2.24, 2.45) is 5.92 Å². The molecule has 0 atom stereocenters. The minimum atomic E-state index is -3.06. The number of piperidine rings is 1. The Hall–Kier alpha value is -1.31. The second kappa shape index (κ2) is 8.21. The molecule has 0 aliphatic carbocycles. The van der Waals surface area contributed by atoms with Crippen molar-refractivity contribution < 1.29 is 23.1 Å². The van der Waals surface area contributed by atoms with E-state index in [1.54, 1.807) is 11.8 Å². The number of sulfone groups is 1. The van der Waals surface area contributed by atoms with Gasteiger partial charge >= 0.3 is 12.0 Å². The van der Waals surface area contributed by atoms with Gasteiger partial charge in [0.05, 0.1) is 5.75 Å². The smallest absolute Gasteiger partial charge is 0.317 e. The summed E-state index contributed by atoms with van der Waals surface area (Å²) in [6.45, 7) is 2.90. The van der Waals surface area contributed by atoms with E-state index in [2.05, 4.69) is 5.32 Å². The van der Waals surface area contributed by atoms with Gasteiger partial charge in [0.1, 0.15) is 0 Å². The monoisotopic (exact) mass is 320 g/mol. The van der Waals surface area contributed by atoms with E-state index in [0.29, 0.717) is 25.4 Å². The Labute approximate surface area is 125 Å². The molecule has 1 fully saturated rings. The van der Waals surface area contributed by atoms with Gasteiger partial charge in [0.2, 0.25) is 0 Å². The van der Waals surface area contributed by atoms with Crippen molar-refractivity contribution in [2.75, 3.05) is 31.1 Å². The number of nitrogens with zero attached hydrogens (tertiary/aromatic N) is 1. The summed E-state index contributed by atoms with van der Waals surface area (Å²) in [4.78, 5) is 24.0. The Bertz CT molecular complexity index is 455. The number of carbonyl (C=O) groups excluding carboxylic acids is 1. The molecule has 0 aromatic carbocycles. The van der Waals surface area contributed by atoms with Crippen LogP contribution in [0.4, 0.5) is 4.79 Å². The normalized spacial score (nSPS) is 16.7. The number of carboxylic acid groups (broad SMARTS) is 1. The molecule has 1 heterocycles. The van der Waals surface area contributed by atoms with E-state index in [1.165, 1.54) is 0 Å². The Balaban J connectivity index is 2.24. The first-order chi connectivity index (χ1) is 9.84. The maximum Gasteiger partial charge on any atom is 0.317 e. The summed E-state index contributed by atoms with van der Waals surface area (Å²) in [7, 11) is -3.06. The number of urea groups is 1. The molecular weight excluding hydrogens is 296 g/mol. The van der Waals surface area contributed by atoms with Gasteiger partial charge < -0.3 is 15.3 Å². The SMILES string of the molecule is CCS(=O)(=O)CCNC(=O)N1CCC(CCC(=O)O)CC1. The lowest BCUT2D eigenvalue weighted by atomic mass is 9.92. The molecule has 0 spiro atoms. The fourth-order valence-electron chi connectivity index (χ4n) is 2.32. The summed E-state index contributed by atoms with van der Waals surface area (Å²) in [6, 6.07) is -0.238. The van der Waals surface area contributed by atoms with Gasteiger partial charge in [-0.3, -0.25) is 4.79 Å². The van der Waals surface area contributed by atoms with Crippen LogP contribution in [0.5, 0.6) is 0 Å². The first-order valence-electron chi connectivity index (χ1n) is 7.29. The number of aliphatic carboxylic acids is 1. The lowest BCUT2D eigenvalue weighted by Crippen LogP contribution is -2.45. The minimum absolute atomic E-state index is 0.0374. The molecule has 2 N–H and O–H groups in total. The van der Waals surface area contributed by atoms with Crippen LogP contribution in [0.25, 0.3) is 0 Å². The van der Waals surface area contributed by atoms with E-state index < -0.39 is 15.8 Å². The Morgan fingerprint density at radius 1 is 1.29 bits per heavy atom. The summed E-state index contributed by atoms with van der Waals surface area (Å²) < 4.78 is 22.6. The molecule has 0 aromatic rings. The Morgan fingerprint density at radius 2 is 1.90 bits per heavy atom. The van der Waals surface area contributed by atoms with Crippen LogP contribution in [0, 0.1) is 5.92 Å². The number of likely N-dealkylation sites (tertiary alicyclic amines) is 1. The zero-order valence-corrected chi connectivity index (χ0v) is 13.2. The van der Waals surface area contributed by atoms with Gasteiger partial charge in [0.25, 0.3) is 0 Å². The average molecular weight is 320 g/mol. The molecule has 1 saturated heterocycles. The molecule has 8 heteroatoms. The molecule has 21 heavy (non-hydrogen) atoms. The quantitative estimate of drug-likeness (QED) is 0.719. The van der Waals surface area contributed by atoms with Crippen molar-refractivity contribution in [3.05, 3.63) is 0 Å². The van der Waals surface area contributed by atoms with E-state index in [-0.39, 0.29) is 30.5 Å². The van der Waals surface area contributed by atoms with Crippen LogP contribution in [-0.4, -0.2) is 61.6 Å². The topological polar surface area (TPSA) is 104 Å². The predicted molar refractivity (Wildman–Crippen MR) is 78.9 cm³/mol. The van der Waals surface area contributed by atoms with E-state index in [0.717, 1.165) is 12.8 Å². The van der Waals surface area contributed by atoms with Crippen LogP contribution in [0.15, 0.2) is 0 Å². The molecule has 122 valence electrons. The average Bonchev–Trinajstić information content (AvgIpc) is 2.45. The van der Waals surface area contributed by atoms with E-state index in [4.69, 9.17) is 5.11 Å². The first-order valence-corrected chi connectivity index (χ1v) is 9.11. The summed E-state index contributed by atoms with van der Waals surface area (Å²) in [5.41, 5.74) is 0. The van der Waals surface area contributed by atoms with Crippen molar-refractivity contribution >= 4 is 21.8 Å². The molecule has 0 unspecified atom stereocenters. The standard InChI is InChI=1S/C13H24N2O5S/c1-2-21(19,20)10-7-14-13(18)15-8-5-11(6-9-15)3-4-12(16)17/h11H,2-10H2,1H3,(H,14,18)(H,16,17). The van der Waals surface area contributed by atoms with Gasteiger partial charge in [-0.15, -0.1) is 0 Å².